The molecule has 0 radical (unpaired) electrons. The molecule has 0 aliphatic heterocycles. The molecule has 0 aliphatic rings. The number of rotatable bonds is 6. The number of benzene rings is 1. The molecular formula is C17H24O4. The third-order valence-corrected chi connectivity index (χ3v) is 3.25. The van der Waals surface area contributed by atoms with E-state index in [1.165, 1.54) is 0 Å². The number of carboxylic acid groups (broad SMARTS) is 1. The van der Waals surface area contributed by atoms with Crippen LogP contribution >= 0.6 is 0 Å². The van der Waals surface area contributed by atoms with Crippen LogP contribution in [0.4, 0.5) is 0 Å². The number of carbonyl (C=O) groups excluding carboxylic acids is 1. The summed E-state index contributed by atoms with van der Waals surface area (Å²) in [7, 11) is 0. The highest BCUT2D eigenvalue weighted by Gasteiger charge is 2.31. The fourth-order valence-electron chi connectivity index (χ4n) is 2.08. The van der Waals surface area contributed by atoms with Gasteiger partial charge in [0.05, 0.1) is 0 Å². The third-order valence-electron chi connectivity index (χ3n) is 3.25. The van der Waals surface area contributed by atoms with Crippen LogP contribution in [0.25, 0.3) is 0 Å². The van der Waals surface area contributed by atoms with E-state index >= 15 is 0 Å². The van der Waals surface area contributed by atoms with Gasteiger partial charge in [-0.05, 0) is 45.1 Å². The molecule has 1 N–H and O–H groups in total. The zero-order chi connectivity index (χ0) is 16.0. The molecule has 116 valence electrons. The second-order valence-corrected chi connectivity index (χ2v) is 6.31. The molecule has 0 aliphatic carbocycles. The van der Waals surface area contributed by atoms with Crippen molar-refractivity contribution in [3.05, 3.63) is 35.9 Å². The second-order valence-electron chi connectivity index (χ2n) is 6.31. The first-order valence-electron chi connectivity index (χ1n) is 7.21. The minimum atomic E-state index is -1.12. The van der Waals surface area contributed by atoms with Crippen molar-refractivity contribution in [1.82, 2.24) is 0 Å². The molecule has 4 nitrogen and oxygen atoms in total. The second kappa shape index (κ2) is 7.25. The summed E-state index contributed by atoms with van der Waals surface area (Å²) >= 11 is 0. The molecule has 1 aromatic rings. The van der Waals surface area contributed by atoms with Gasteiger partial charge in [-0.1, -0.05) is 37.3 Å². The van der Waals surface area contributed by atoms with Gasteiger partial charge in [0, 0.05) is 0 Å². The molecule has 4 heteroatoms. The van der Waals surface area contributed by atoms with Gasteiger partial charge in [0.15, 0.2) is 5.92 Å². The maximum atomic E-state index is 11.9. The van der Waals surface area contributed by atoms with Crippen molar-refractivity contribution in [3.8, 4) is 0 Å². The van der Waals surface area contributed by atoms with Crippen LogP contribution in [0.3, 0.4) is 0 Å². The fraction of sp³-hybridized carbons (Fsp3) is 0.529. The van der Waals surface area contributed by atoms with Gasteiger partial charge in [-0.15, -0.1) is 0 Å². The smallest absolute Gasteiger partial charge is 0.320 e. The summed E-state index contributed by atoms with van der Waals surface area (Å²) in [5, 5.41) is 9.22. The summed E-state index contributed by atoms with van der Waals surface area (Å²) in [5.41, 5.74) is 0.473. The lowest BCUT2D eigenvalue weighted by molar-refractivity contribution is -0.167. The summed E-state index contributed by atoms with van der Waals surface area (Å²) in [6.45, 7) is 7.23. The Morgan fingerprint density at radius 2 is 1.71 bits per heavy atom. The number of hydrogen-bond acceptors (Lipinski definition) is 3. The highest BCUT2D eigenvalue weighted by molar-refractivity contribution is 5.94. The predicted octanol–water partition coefficient (Wildman–Crippen LogP) is 3.61. The van der Waals surface area contributed by atoms with Crippen LogP contribution in [0.1, 0.15) is 52.0 Å². The first-order valence-corrected chi connectivity index (χ1v) is 7.21. The zero-order valence-corrected chi connectivity index (χ0v) is 13.1. The van der Waals surface area contributed by atoms with Crippen LogP contribution in [-0.2, 0) is 14.3 Å². The Balaban J connectivity index is 2.64. The van der Waals surface area contributed by atoms with Crippen LogP contribution < -0.4 is 0 Å². The zero-order valence-electron chi connectivity index (χ0n) is 13.1. The molecule has 0 bridgehead atoms. The monoisotopic (exact) mass is 292 g/mol. The lowest BCUT2D eigenvalue weighted by Crippen LogP contribution is -2.32. The maximum Gasteiger partial charge on any atom is 0.320 e. The molecule has 0 amide bonds. The fourth-order valence-corrected chi connectivity index (χ4v) is 2.08. The Bertz CT molecular complexity index is 473. The van der Waals surface area contributed by atoms with Crippen LogP contribution in [0.2, 0.25) is 0 Å². The summed E-state index contributed by atoms with van der Waals surface area (Å²) in [6.07, 6.45) is 0.903. The van der Waals surface area contributed by atoms with Crippen molar-refractivity contribution < 1.29 is 19.4 Å². The average Bonchev–Trinajstić information content (AvgIpc) is 2.37. The van der Waals surface area contributed by atoms with E-state index < -0.39 is 23.5 Å². The van der Waals surface area contributed by atoms with E-state index in [4.69, 9.17) is 4.74 Å². The van der Waals surface area contributed by atoms with Gasteiger partial charge in [-0.25, -0.2) is 0 Å². The Hall–Kier alpha value is -1.84. The number of hydrogen-bond donors (Lipinski definition) is 1. The molecule has 21 heavy (non-hydrogen) atoms. The van der Waals surface area contributed by atoms with E-state index in [1.54, 1.807) is 20.8 Å². The summed E-state index contributed by atoms with van der Waals surface area (Å²) < 4.78 is 5.18. The highest BCUT2D eigenvalue weighted by atomic mass is 16.6. The Kier molecular flexibility index (Phi) is 5.94. The summed E-state index contributed by atoms with van der Waals surface area (Å²) in [6, 6.07) is 9.86. The molecular weight excluding hydrogens is 268 g/mol. The molecule has 2 unspecified atom stereocenters. The molecule has 0 saturated carbocycles. The summed E-state index contributed by atoms with van der Waals surface area (Å²) in [5.74, 6) is -2.68. The first kappa shape index (κ1) is 17.2. The van der Waals surface area contributed by atoms with Gasteiger partial charge in [0.1, 0.15) is 5.60 Å². The molecule has 0 spiro atoms. The number of carboxylic acids is 1. The standard InChI is InChI=1S/C17H24O4/c1-12(13-8-6-5-7-9-13)10-11-14(15(18)19)16(20)21-17(2,3)4/h5-9,12,14H,10-11H2,1-4H3,(H,18,19). The molecule has 0 saturated heterocycles. The van der Waals surface area contributed by atoms with Crippen LogP contribution in [0, 0.1) is 5.92 Å². The van der Waals surface area contributed by atoms with Crippen molar-refractivity contribution in [3.63, 3.8) is 0 Å². The largest absolute Gasteiger partial charge is 0.481 e. The van der Waals surface area contributed by atoms with Gasteiger partial charge >= 0.3 is 11.9 Å². The third kappa shape index (κ3) is 5.98. The van der Waals surface area contributed by atoms with Crippen LogP contribution in [0.5, 0.6) is 0 Å². The van der Waals surface area contributed by atoms with E-state index in [-0.39, 0.29) is 12.3 Å². The quantitative estimate of drug-likeness (QED) is 0.642. The van der Waals surface area contributed by atoms with Crippen molar-refractivity contribution in [1.29, 1.82) is 0 Å². The SMILES string of the molecule is CC(CCC(C(=O)O)C(=O)OC(C)(C)C)c1ccccc1. The van der Waals surface area contributed by atoms with E-state index in [0.717, 1.165) is 5.56 Å². The van der Waals surface area contributed by atoms with Gasteiger partial charge in [-0.3, -0.25) is 9.59 Å². The lowest BCUT2D eigenvalue weighted by Gasteiger charge is -2.23. The Morgan fingerprint density at radius 3 is 2.19 bits per heavy atom. The van der Waals surface area contributed by atoms with E-state index in [0.29, 0.717) is 6.42 Å². The van der Waals surface area contributed by atoms with Gasteiger partial charge in [0.2, 0.25) is 0 Å². The van der Waals surface area contributed by atoms with E-state index in [1.807, 2.05) is 37.3 Å². The average molecular weight is 292 g/mol. The minimum Gasteiger partial charge on any atom is -0.481 e. The normalized spacial score (nSPS) is 14.3. The van der Waals surface area contributed by atoms with Gasteiger partial charge in [-0.2, -0.15) is 0 Å². The van der Waals surface area contributed by atoms with E-state index in [2.05, 4.69) is 0 Å². The first-order chi connectivity index (χ1) is 9.70. The van der Waals surface area contributed by atoms with Crippen molar-refractivity contribution in [2.24, 2.45) is 5.92 Å². The molecule has 0 heterocycles. The molecule has 0 fully saturated rings. The van der Waals surface area contributed by atoms with E-state index in [9.17, 15) is 14.7 Å². The van der Waals surface area contributed by atoms with Crippen LogP contribution in [0.15, 0.2) is 30.3 Å². The topological polar surface area (TPSA) is 63.6 Å². The summed E-state index contributed by atoms with van der Waals surface area (Å²) in [4.78, 5) is 23.2. The predicted molar refractivity (Wildman–Crippen MR) is 81.1 cm³/mol. The highest BCUT2D eigenvalue weighted by Crippen LogP contribution is 2.24. The molecule has 2 atom stereocenters. The minimum absolute atomic E-state index is 0.204. The molecule has 1 rings (SSSR count). The Labute approximate surface area is 126 Å². The van der Waals surface area contributed by atoms with Gasteiger partial charge < -0.3 is 9.84 Å². The number of carbonyl (C=O) groups is 2. The maximum absolute atomic E-state index is 11.9. The van der Waals surface area contributed by atoms with Crippen molar-refractivity contribution in [2.45, 2.75) is 52.1 Å². The van der Waals surface area contributed by atoms with Crippen molar-refractivity contribution >= 4 is 11.9 Å². The molecule has 0 aromatic heterocycles. The molecule has 1 aromatic carbocycles. The lowest BCUT2D eigenvalue weighted by atomic mass is 9.91. The van der Waals surface area contributed by atoms with Gasteiger partial charge in [0.25, 0.3) is 0 Å². The Morgan fingerprint density at radius 1 is 1.14 bits per heavy atom. The van der Waals surface area contributed by atoms with Crippen LogP contribution in [-0.4, -0.2) is 22.6 Å². The van der Waals surface area contributed by atoms with Crippen molar-refractivity contribution in [2.75, 3.05) is 0 Å². The number of esters is 1. The number of ether oxygens (including phenoxy) is 1. The number of aliphatic carboxylic acids is 1.